The zero-order chi connectivity index (χ0) is 12.9. The van der Waals surface area contributed by atoms with Crippen molar-refractivity contribution in [3.05, 3.63) is 18.7 Å². The average molecular weight is 248 g/mol. The number of anilines is 2. The SMILES string of the molecule is C=C1O[C@@H](n2cnc3c(N)nc(N)nc32)C[C@@H]1O. The Hall–Kier alpha value is -2.35. The Kier molecular flexibility index (Phi) is 2.14. The van der Waals surface area contributed by atoms with E-state index in [1.807, 2.05) is 0 Å². The Bertz CT molecular complexity index is 637. The van der Waals surface area contributed by atoms with Crippen molar-refractivity contribution in [2.75, 3.05) is 11.5 Å². The van der Waals surface area contributed by atoms with Crippen LogP contribution >= 0.6 is 0 Å². The summed E-state index contributed by atoms with van der Waals surface area (Å²) in [4.78, 5) is 12.0. The number of ether oxygens (including phenoxy) is 1. The van der Waals surface area contributed by atoms with Gasteiger partial charge in [0.25, 0.3) is 0 Å². The first-order chi connectivity index (χ1) is 8.56. The van der Waals surface area contributed by atoms with Crippen LogP contribution in [0.3, 0.4) is 0 Å². The molecule has 94 valence electrons. The highest BCUT2D eigenvalue weighted by molar-refractivity contribution is 5.82. The van der Waals surface area contributed by atoms with E-state index in [0.717, 1.165) is 0 Å². The van der Waals surface area contributed by atoms with E-state index in [4.69, 9.17) is 16.2 Å². The van der Waals surface area contributed by atoms with Crippen molar-refractivity contribution >= 4 is 22.9 Å². The lowest BCUT2D eigenvalue weighted by molar-refractivity contribution is 0.101. The molecule has 1 fully saturated rings. The van der Waals surface area contributed by atoms with Crippen LogP contribution < -0.4 is 11.5 Å². The molecule has 1 aliphatic rings. The van der Waals surface area contributed by atoms with Gasteiger partial charge >= 0.3 is 0 Å². The van der Waals surface area contributed by atoms with Crippen molar-refractivity contribution in [1.82, 2.24) is 19.5 Å². The van der Waals surface area contributed by atoms with Gasteiger partial charge in [-0.15, -0.1) is 0 Å². The molecular formula is C10H12N6O2. The third kappa shape index (κ3) is 1.46. The summed E-state index contributed by atoms with van der Waals surface area (Å²) in [6.07, 6.45) is 0.814. The molecule has 0 amide bonds. The summed E-state index contributed by atoms with van der Waals surface area (Å²) in [6.45, 7) is 3.62. The molecular weight excluding hydrogens is 236 g/mol. The first-order valence-electron chi connectivity index (χ1n) is 5.35. The summed E-state index contributed by atoms with van der Waals surface area (Å²) >= 11 is 0. The van der Waals surface area contributed by atoms with Gasteiger partial charge in [-0.2, -0.15) is 9.97 Å². The Morgan fingerprint density at radius 3 is 2.89 bits per heavy atom. The molecule has 2 atom stereocenters. The van der Waals surface area contributed by atoms with Crippen molar-refractivity contribution in [3.8, 4) is 0 Å². The van der Waals surface area contributed by atoms with E-state index < -0.39 is 12.3 Å². The van der Waals surface area contributed by atoms with Crippen LogP contribution in [-0.2, 0) is 4.74 Å². The predicted molar refractivity (Wildman–Crippen MR) is 64.0 cm³/mol. The molecule has 8 heteroatoms. The smallest absolute Gasteiger partial charge is 0.224 e. The maximum Gasteiger partial charge on any atom is 0.224 e. The van der Waals surface area contributed by atoms with Crippen LogP contribution in [0.25, 0.3) is 11.2 Å². The summed E-state index contributed by atoms with van der Waals surface area (Å²) in [5.41, 5.74) is 12.2. The van der Waals surface area contributed by atoms with Gasteiger partial charge in [-0.1, -0.05) is 6.58 Å². The fourth-order valence-electron chi connectivity index (χ4n) is 1.96. The second-order valence-corrected chi connectivity index (χ2v) is 4.08. The Labute approximate surface area is 102 Å². The number of imidazole rings is 1. The summed E-state index contributed by atoms with van der Waals surface area (Å²) in [6, 6.07) is 0. The van der Waals surface area contributed by atoms with Gasteiger partial charge in [-0.25, -0.2) is 4.98 Å². The van der Waals surface area contributed by atoms with Gasteiger partial charge in [0.15, 0.2) is 17.7 Å². The van der Waals surface area contributed by atoms with Crippen LogP contribution in [0, 0.1) is 0 Å². The molecule has 0 aliphatic carbocycles. The number of nitrogens with zero attached hydrogens (tertiary/aromatic N) is 4. The third-order valence-corrected chi connectivity index (χ3v) is 2.86. The minimum Gasteiger partial charge on any atom is -0.472 e. The molecule has 2 aromatic rings. The molecule has 0 aromatic carbocycles. The second kappa shape index (κ2) is 3.57. The van der Waals surface area contributed by atoms with E-state index in [0.29, 0.717) is 23.3 Å². The summed E-state index contributed by atoms with van der Waals surface area (Å²) in [5, 5.41) is 9.61. The van der Waals surface area contributed by atoms with Gasteiger partial charge in [-0.05, 0) is 0 Å². The number of aliphatic hydroxyl groups is 1. The number of hydrogen-bond acceptors (Lipinski definition) is 7. The average Bonchev–Trinajstić information content (AvgIpc) is 2.83. The maximum atomic E-state index is 9.61. The van der Waals surface area contributed by atoms with Crippen LogP contribution in [0.4, 0.5) is 11.8 Å². The van der Waals surface area contributed by atoms with Gasteiger partial charge in [0, 0.05) is 6.42 Å². The van der Waals surface area contributed by atoms with Gasteiger partial charge < -0.3 is 21.3 Å². The monoisotopic (exact) mass is 248 g/mol. The Morgan fingerprint density at radius 2 is 2.22 bits per heavy atom. The first-order valence-corrected chi connectivity index (χ1v) is 5.35. The summed E-state index contributed by atoms with van der Waals surface area (Å²) in [7, 11) is 0. The standard InChI is InChI=1S/C10H12N6O2/c1-4-5(17)2-6(18-4)16-3-13-7-8(11)14-10(12)15-9(7)16/h3,5-6,17H,1-2H2,(H4,11,12,14,15)/t5-,6+/m0/s1. The molecule has 1 aliphatic heterocycles. The van der Waals surface area contributed by atoms with Gasteiger partial charge in [0.2, 0.25) is 5.95 Å². The maximum absolute atomic E-state index is 9.61. The Balaban J connectivity index is 2.11. The molecule has 3 rings (SSSR count). The van der Waals surface area contributed by atoms with Gasteiger partial charge in [0.1, 0.15) is 23.7 Å². The van der Waals surface area contributed by atoms with Crippen LogP contribution in [0.15, 0.2) is 18.7 Å². The number of hydrogen-bond donors (Lipinski definition) is 3. The van der Waals surface area contributed by atoms with Crippen molar-refractivity contribution < 1.29 is 9.84 Å². The highest BCUT2D eigenvalue weighted by Crippen LogP contribution is 2.32. The van der Waals surface area contributed by atoms with E-state index in [1.54, 1.807) is 4.57 Å². The quantitative estimate of drug-likeness (QED) is 0.637. The normalized spacial score (nSPS) is 23.5. The molecule has 0 unspecified atom stereocenters. The first kappa shape index (κ1) is 10.8. The molecule has 0 saturated carbocycles. The minimum absolute atomic E-state index is 0.0686. The van der Waals surface area contributed by atoms with Crippen LogP contribution in [0.5, 0.6) is 0 Å². The van der Waals surface area contributed by atoms with E-state index >= 15 is 0 Å². The number of aliphatic hydroxyl groups excluding tert-OH is 1. The lowest BCUT2D eigenvalue weighted by Gasteiger charge is -2.12. The number of nitrogens with two attached hydrogens (primary N) is 2. The van der Waals surface area contributed by atoms with Crippen LogP contribution in [0.2, 0.25) is 0 Å². The van der Waals surface area contributed by atoms with Gasteiger partial charge in [0.05, 0.1) is 0 Å². The van der Waals surface area contributed by atoms with Gasteiger partial charge in [-0.3, -0.25) is 4.57 Å². The van der Waals surface area contributed by atoms with Crippen molar-refractivity contribution in [1.29, 1.82) is 0 Å². The molecule has 2 aromatic heterocycles. The van der Waals surface area contributed by atoms with Crippen LogP contribution in [0.1, 0.15) is 12.6 Å². The Morgan fingerprint density at radius 1 is 1.44 bits per heavy atom. The number of rotatable bonds is 1. The topological polar surface area (TPSA) is 125 Å². The summed E-state index contributed by atoms with van der Waals surface area (Å²) < 4.78 is 7.10. The molecule has 3 heterocycles. The van der Waals surface area contributed by atoms with E-state index in [1.165, 1.54) is 6.33 Å². The zero-order valence-electron chi connectivity index (χ0n) is 9.45. The van der Waals surface area contributed by atoms with E-state index in [2.05, 4.69) is 21.5 Å². The second-order valence-electron chi connectivity index (χ2n) is 4.08. The molecule has 18 heavy (non-hydrogen) atoms. The zero-order valence-corrected chi connectivity index (χ0v) is 9.45. The lowest BCUT2D eigenvalue weighted by atomic mass is 10.2. The van der Waals surface area contributed by atoms with E-state index in [-0.39, 0.29) is 11.8 Å². The molecule has 0 spiro atoms. The molecule has 0 bridgehead atoms. The number of fused-ring (bicyclic) bond motifs is 1. The fourth-order valence-corrected chi connectivity index (χ4v) is 1.96. The lowest BCUT2D eigenvalue weighted by Crippen LogP contribution is -2.09. The highest BCUT2D eigenvalue weighted by Gasteiger charge is 2.30. The summed E-state index contributed by atoms with van der Waals surface area (Å²) in [5.74, 6) is 0.615. The van der Waals surface area contributed by atoms with Crippen molar-refractivity contribution in [2.24, 2.45) is 0 Å². The minimum atomic E-state index is -0.691. The molecule has 8 nitrogen and oxygen atoms in total. The van der Waals surface area contributed by atoms with E-state index in [9.17, 15) is 5.11 Å². The third-order valence-electron chi connectivity index (χ3n) is 2.86. The fraction of sp³-hybridized carbons (Fsp3) is 0.300. The predicted octanol–water partition coefficient (Wildman–Crippen LogP) is -0.216. The van der Waals surface area contributed by atoms with Crippen LogP contribution in [-0.4, -0.2) is 30.7 Å². The van der Waals surface area contributed by atoms with Crippen molar-refractivity contribution in [2.45, 2.75) is 18.8 Å². The number of aromatic nitrogens is 4. The molecule has 1 saturated heterocycles. The number of nitrogen functional groups attached to an aromatic ring is 2. The van der Waals surface area contributed by atoms with Crippen molar-refractivity contribution in [3.63, 3.8) is 0 Å². The largest absolute Gasteiger partial charge is 0.472 e. The molecule has 0 radical (unpaired) electrons. The molecule has 5 N–H and O–H groups in total. The highest BCUT2D eigenvalue weighted by atomic mass is 16.5.